The first-order chi connectivity index (χ1) is 11.0. The van der Waals surface area contributed by atoms with Crippen LogP contribution in [0.1, 0.15) is 54.4 Å². The summed E-state index contributed by atoms with van der Waals surface area (Å²) in [6, 6.07) is 0. The van der Waals surface area contributed by atoms with Gasteiger partial charge in [0.05, 0.1) is 5.60 Å². The van der Waals surface area contributed by atoms with Gasteiger partial charge in [0, 0.05) is 17.9 Å². The summed E-state index contributed by atoms with van der Waals surface area (Å²) in [7, 11) is -3.32. The molecule has 0 radical (unpaired) electrons. The van der Waals surface area contributed by atoms with Gasteiger partial charge in [0.2, 0.25) is 0 Å². The zero-order chi connectivity index (χ0) is 19.9. The molecule has 2 nitrogen and oxygen atoms in total. The van der Waals surface area contributed by atoms with E-state index in [1.807, 2.05) is 0 Å². The fraction of sp³-hybridized carbons (Fsp3) is 0.900. The minimum Gasteiger partial charge on any atom is -0.416 e. The molecule has 2 atom stereocenters. The molecule has 0 aromatic heterocycles. The van der Waals surface area contributed by atoms with E-state index in [4.69, 9.17) is 8.85 Å². The van der Waals surface area contributed by atoms with Gasteiger partial charge >= 0.3 is 0 Å². The van der Waals surface area contributed by atoms with E-state index in [0.717, 1.165) is 6.61 Å². The highest BCUT2D eigenvalue weighted by molar-refractivity contribution is 9.11. The monoisotopic (exact) mass is 448 g/mol. The molecule has 148 valence electrons. The van der Waals surface area contributed by atoms with Gasteiger partial charge in [-0.1, -0.05) is 43.6 Å². The van der Waals surface area contributed by atoms with Crippen LogP contribution in [0, 0.1) is 11.3 Å². The number of hydrogen-bond acceptors (Lipinski definition) is 2. The molecule has 0 N–H and O–H groups in total. The first-order valence-corrected chi connectivity index (χ1v) is 16.8. The van der Waals surface area contributed by atoms with Crippen molar-refractivity contribution in [2.45, 2.75) is 97.8 Å². The largest absolute Gasteiger partial charge is 0.416 e. The van der Waals surface area contributed by atoms with E-state index in [1.165, 1.54) is 18.4 Å². The molecule has 0 spiro atoms. The lowest BCUT2D eigenvalue weighted by atomic mass is 9.79. The van der Waals surface area contributed by atoms with Crippen LogP contribution in [0.3, 0.4) is 0 Å². The third-order valence-corrected chi connectivity index (χ3v) is 12.3. The van der Waals surface area contributed by atoms with Gasteiger partial charge in [-0.2, -0.15) is 0 Å². The van der Waals surface area contributed by atoms with Gasteiger partial charge in [-0.15, -0.1) is 0 Å². The minimum absolute atomic E-state index is 0.101. The van der Waals surface area contributed by atoms with Crippen LogP contribution >= 0.6 is 15.9 Å². The second kappa shape index (κ2) is 7.53. The van der Waals surface area contributed by atoms with Gasteiger partial charge in [-0.05, 0) is 75.0 Å². The van der Waals surface area contributed by atoms with E-state index >= 15 is 0 Å². The second-order valence-corrected chi connectivity index (χ2v) is 20.8. The molecule has 0 heterocycles. The Morgan fingerprint density at radius 2 is 1.64 bits per heavy atom. The van der Waals surface area contributed by atoms with Gasteiger partial charge in [0.25, 0.3) is 0 Å². The molecule has 0 saturated heterocycles. The molecule has 1 aliphatic rings. The van der Waals surface area contributed by atoms with Crippen molar-refractivity contribution in [1.29, 1.82) is 0 Å². The zero-order valence-electron chi connectivity index (χ0n) is 18.5. The van der Waals surface area contributed by atoms with Gasteiger partial charge in [0.1, 0.15) is 0 Å². The summed E-state index contributed by atoms with van der Waals surface area (Å²) in [6.07, 6.45) is 2.34. The van der Waals surface area contributed by atoms with Crippen LogP contribution in [0.5, 0.6) is 0 Å². The van der Waals surface area contributed by atoms with E-state index < -0.39 is 16.6 Å². The van der Waals surface area contributed by atoms with E-state index in [-0.39, 0.29) is 16.1 Å². The van der Waals surface area contributed by atoms with Gasteiger partial charge < -0.3 is 8.85 Å². The molecule has 0 aliphatic heterocycles. The van der Waals surface area contributed by atoms with Crippen molar-refractivity contribution in [3.8, 4) is 0 Å². The van der Waals surface area contributed by atoms with Gasteiger partial charge in [0.15, 0.2) is 16.6 Å². The van der Waals surface area contributed by atoms with Crippen molar-refractivity contribution >= 4 is 32.6 Å². The Morgan fingerprint density at radius 3 is 2.04 bits per heavy atom. The predicted octanol–water partition coefficient (Wildman–Crippen LogP) is 7.33. The average molecular weight is 450 g/mol. The first kappa shape index (κ1) is 23.6. The molecule has 1 saturated carbocycles. The third kappa shape index (κ3) is 5.77. The van der Waals surface area contributed by atoms with E-state index in [9.17, 15) is 0 Å². The summed E-state index contributed by atoms with van der Waals surface area (Å²) >= 11 is 3.67. The molecular weight excluding hydrogens is 408 g/mol. The van der Waals surface area contributed by atoms with Gasteiger partial charge in [-0.3, -0.25) is 0 Å². The quantitative estimate of drug-likeness (QED) is 0.395. The fourth-order valence-electron chi connectivity index (χ4n) is 3.69. The highest BCUT2D eigenvalue weighted by Crippen LogP contribution is 2.53. The first-order valence-electron chi connectivity index (χ1n) is 9.60. The number of hydrogen-bond donors (Lipinski definition) is 0. The third-order valence-electron chi connectivity index (χ3n) is 6.14. The highest BCUT2D eigenvalue weighted by Gasteiger charge is 2.49. The molecule has 1 rings (SSSR count). The number of rotatable bonds is 6. The molecule has 1 fully saturated rings. The predicted molar refractivity (Wildman–Crippen MR) is 120 cm³/mol. The molecule has 0 amide bonds. The molecular formula is C20H41BrO2Si2. The van der Waals surface area contributed by atoms with E-state index in [1.54, 1.807) is 0 Å². The maximum atomic E-state index is 6.62. The molecule has 25 heavy (non-hydrogen) atoms. The molecule has 0 unspecified atom stereocenters. The van der Waals surface area contributed by atoms with Crippen molar-refractivity contribution in [2.75, 3.05) is 6.61 Å². The lowest BCUT2D eigenvalue weighted by Gasteiger charge is -2.42. The van der Waals surface area contributed by atoms with E-state index in [2.05, 4.69) is 95.2 Å². The summed E-state index contributed by atoms with van der Waals surface area (Å²) < 4.78 is 13.2. The van der Waals surface area contributed by atoms with Crippen LogP contribution in [-0.4, -0.2) is 28.8 Å². The SMILES string of the molecule is CC(C)(O[Si](C)(C)C)[C@@H]1CC[C@@](C)(CO[Si](C)(C)C(C)(C)C)/C1=C/Br. The summed E-state index contributed by atoms with van der Waals surface area (Å²) in [5, 5.41) is 0.250. The fourth-order valence-corrected chi connectivity index (χ4v) is 7.39. The lowest BCUT2D eigenvalue weighted by molar-refractivity contribution is 0.0526. The van der Waals surface area contributed by atoms with Crippen LogP contribution in [0.2, 0.25) is 37.8 Å². The Balaban J connectivity index is 2.98. The van der Waals surface area contributed by atoms with Crippen LogP contribution in [-0.2, 0) is 8.85 Å². The number of halogens is 1. The Morgan fingerprint density at radius 1 is 1.12 bits per heavy atom. The van der Waals surface area contributed by atoms with Crippen LogP contribution in [0.15, 0.2) is 10.6 Å². The maximum Gasteiger partial charge on any atom is 0.192 e. The lowest BCUT2D eigenvalue weighted by Crippen LogP contribution is -2.45. The summed E-state index contributed by atoms with van der Waals surface area (Å²) in [4.78, 5) is 2.16. The molecule has 5 heteroatoms. The molecule has 1 aliphatic carbocycles. The highest BCUT2D eigenvalue weighted by atomic mass is 79.9. The normalized spacial score (nSPS) is 28.0. The topological polar surface area (TPSA) is 18.5 Å². The van der Waals surface area contributed by atoms with Crippen LogP contribution in [0.25, 0.3) is 0 Å². The Hall–Kier alpha value is 0.574. The summed E-state index contributed by atoms with van der Waals surface area (Å²) in [5.41, 5.74) is 1.44. The van der Waals surface area contributed by atoms with Crippen LogP contribution < -0.4 is 0 Å². The molecule has 0 aromatic rings. The second-order valence-electron chi connectivity index (χ2n) is 11.1. The van der Waals surface area contributed by atoms with Crippen molar-refractivity contribution in [1.82, 2.24) is 0 Å². The Kier molecular flexibility index (Phi) is 7.12. The molecule has 0 bridgehead atoms. The summed E-state index contributed by atoms with van der Waals surface area (Å²) in [5.74, 6) is 0.451. The Bertz CT molecular complexity index is 501. The standard InChI is InChI=1S/C20H41BrO2Si2/c1-18(2,3)25(10,11)22-15-20(6)13-12-16(17(20)14-21)19(4,5)23-24(7,8)9/h14,16H,12-13,15H2,1-11H3/b17-14+/t16-,20+/m1/s1. The van der Waals surface area contributed by atoms with Crippen molar-refractivity contribution < 1.29 is 8.85 Å². The Labute approximate surface area is 167 Å². The minimum atomic E-state index is -1.73. The average Bonchev–Trinajstić information content (AvgIpc) is 2.71. The van der Waals surface area contributed by atoms with Crippen molar-refractivity contribution in [3.63, 3.8) is 0 Å². The summed E-state index contributed by atoms with van der Waals surface area (Å²) in [6.45, 7) is 26.2. The molecule has 0 aromatic carbocycles. The van der Waals surface area contributed by atoms with Crippen molar-refractivity contribution in [2.24, 2.45) is 11.3 Å². The van der Waals surface area contributed by atoms with Crippen molar-refractivity contribution in [3.05, 3.63) is 10.6 Å². The van der Waals surface area contributed by atoms with Crippen LogP contribution in [0.4, 0.5) is 0 Å². The maximum absolute atomic E-state index is 6.62. The van der Waals surface area contributed by atoms with E-state index in [0.29, 0.717) is 5.92 Å². The zero-order valence-corrected chi connectivity index (χ0v) is 22.1. The van der Waals surface area contributed by atoms with Gasteiger partial charge in [-0.25, -0.2) is 0 Å². The smallest absolute Gasteiger partial charge is 0.192 e.